The molecule has 0 aliphatic rings. The number of pyridine rings is 1. The normalized spacial score (nSPS) is 10.6. The van der Waals surface area contributed by atoms with Crippen molar-refractivity contribution < 1.29 is 9.53 Å². The monoisotopic (exact) mass is 385 g/mol. The Labute approximate surface area is 160 Å². The molecule has 1 aromatic carbocycles. The van der Waals surface area contributed by atoms with E-state index in [0.29, 0.717) is 22.4 Å². The molecule has 2 heterocycles. The molecule has 0 aliphatic heterocycles. The number of aromatic nitrogens is 4. The first kappa shape index (κ1) is 18.7. The van der Waals surface area contributed by atoms with Crippen molar-refractivity contribution >= 4 is 23.4 Å². The van der Waals surface area contributed by atoms with Crippen molar-refractivity contribution in [2.75, 3.05) is 18.2 Å². The summed E-state index contributed by atoms with van der Waals surface area (Å²) in [5.74, 6) is 1.23. The molecule has 0 radical (unpaired) electrons. The number of amides is 1. The number of aryl methyl sites for hydroxylation is 1. The predicted molar refractivity (Wildman–Crippen MR) is 104 cm³/mol. The van der Waals surface area contributed by atoms with Gasteiger partial charge in [-0.2, -0.15) is 0 Å². The van der Waals surface area contributed by atoms with Crippen molar-refractivity contribution in [2.45, 2.75) is 5.16 Å². The quantitative estimate of drug-likeness (QED) is 0.652. The Bertz CT molecular complexity index is 1030. The van der Waals surface area contributed by atoms with Crippen LogP contribution in [0.2, 0.25) is 0 Å². The predicted octanol–water partition coefficient (Wildman–Crippen LogP) is 1.92. The minimum Gasteiger partial charge on any atom is -0.495 e. The third-order valence-corrected chi connectivity index (χ3v) is 4.91. The molecule has 0 spiro atoms. The number of anilines is 1. The summed E-state index contributed by atoms with van der Waals surface area (Å²) in [5, 5.41) is 11.7. The van der Waals surface area contributed by atoms with Gasteiger partial charge in [0.25, 0.3) is 0 Å². The van der Waals surface area contributed by atoms with Crippen LogP contribution in [-0.4, -0.2) is 38.1 Å². The summed E-state index contributed by atoms with van der Waals surface area (Å²) in [6.45, 7) is 0. The maximum atomic E-state index is 12.2. The molecule has 1 N–H and O–H groups in total. The molecule has 140 valence electrons. The van der Waals surface area contributed by atoms with Crippen molar-refractivity contribution in [3.63, 3.8) is 0 Å². The number of carbonyl (C=O) groups excluding carboxylic acids is 1. The second-order valence-electron chi connectivity index (χ2n) is 5.77. The number of benzene rings is 1. The largest absolute Gasteiger partial charge is 0.495 e. The molecule has 2 aromatic heterocycles. The number of ether oxygens (including phenoxy) is 1. The molecule has 0 fully saturated rings. The Morgan fingerprint density at radius 3 is 2.70 bits per heavy atom. The highest BCUT2D eigenvalue weighted by Gasteiger charge is 2.14. The van der Waals surface area contributed by atoms with E-state index >= 15 is 0 Å². The van der Waals surface area contributed by atoms with Gasteiger partial charge in [0.15, 0.2) is 11.0 Å². The van der Waals surface area contributed by atoms with E-state index in [1.165, 1.54) is 22.4 Å². The highest BCUT2D eigenvalue weighted by molar-refractivity contribution is 7.99. The lowest BCUT2D eigenvalue weighted by Gasteiger charge is -2.09. The fourth-order valence-corrected chi connectivity index (χ4v) is 3.19. The van der Waals surface area contributed by atoms with Crippen molar-refractivity contribution in [1.29, 1.82) is 0 Å². The molecule has 0 bridgehead atoms. The summed E-state index contributed by atoms with van der Waals surface area (Å²) in [6.07, 6.45) is 1.70. The van der Waals surface area contributed by atoms with E-state index in [4.69, 9.17) is 4.74 Å². The van der Waals surface area contributed by atoms with Crippen LogP contribution in [0.4, 0.5) is 5.69 Å². The average Bonchev–Trinajstić information content (AvgIpc) is 3.03. The summed E-state index contributed by atoms with van der Waals surface area (Å²) < 4.78 is 8.50. The van der Waals surface area contributed by atoms with Crippen LogP contribution in [0.25, 0.3) is 11.4 Å². The number of carbonyl (C=O) groups is 1. The lowest BCUT2D eigenvalue weighted by molar-refractivity contribution is -0.113. The minimum absolute atomic E-state index is 0.0940. The number of thioether (sulfide) groups is 1. The van der Waals surface area contributed by atoms with Crippen LogP contribution >= 0.6 is 11.8 Å². The van der Waals surface area contributed by atoms with E-state index in [1.54, 1.807) is 43.1 Å². The van der Waals surface area contributed by atoms with E-state index in [9.17, 15) is 9.59 Å². The van der Waals surface area contributed by atoms with Gasteiger partial charge >= 0.3 is 0 Å². The zero-order chi connectivity index (χ0) is 19.4. The molecule has 3 aromatic rings. The number of nitrogens with one attached hydrogen (secondary N) is 1. The highest BCUT2D eigenvalue weighted by atomic mass is 32.2. The van der Waals surface area contributed by atoms with E-state index in [0.717, 1.165) is 5.56 Å². The van der Waals surface area contributed by atoms with Gasteiger partial charge in [-0.3, -0.25) is 9.59 Å². The minimum atomic E-state index is -0.170. The molecule has 0 saturated heterocycles. The van der Waals surface area contributed by atoms with E-state index in [-0.39, 0.29) is 17.2 Å². The molecule has 0 saturated carbocycles. The molecule has 1 amide bonds. The van der Waals surface area contributed by atoms with Crippen LogP contribution in [0.3, 0.4) is 0 Å². The molecule has 9 heteroatoms. The lowest BCUT2D eigenvalue weighted by Crippen LogP contribution is -2.15. The topological polar surface area (TPSA) is 91.0 Å². The average molecular weight is 385 g/mol. The van der Waals surface area contributed by atoms with Crippen LogP contribution in [0.1, 0.15) is 0 Å². The molecule has 0 aliphatic carbocycles. The van der Waals surface area contributed by atoms with Gasteiger partial charge in [-0.05, 0) is 18.2 Å². The Balaban J connectivity index is 1.68. The third-order valence-electron chi connectivity index (χ3n) is 3.89. The second-order valence-corrected chi connectivity index (χ2v) is 6.71. The molecular formula is C18H19N5O3S. The van der Waals surface area contributed by atoms with Crippen molar-refractivity contribution in [3.8, 4) is 17.1 Å². The van der Waals surface area contributed by atoms with Crippen molar-refractivity contribution in [2.24, 2.45) is 14.1 Å². The molecular weight excluding hydrogens is 366 g/mol. The van der Waals surface area contributed by atoms with Gasteiger partial charge in [0.1, 0.15) is 5.75 Å². The van der Waals surface area contributed by atoms with Crippen LogP contribution < -0.4 is 15.6 Å². The standard InChI is InChI=1S/C18H19N5O3S/c1-22-10-12(8-9-16(22)25)17-20-21-18(23(17)2)27-11-15(24)19-13-6-4-5-7-14(13)26-3/h4-10H,11H2,1-3H3,(H,19,24). The number of hydrogen-bond acceptors (Lipinski definition) is 6. The Hall–Kier alpha value is -3.07. The number of nitrogens with zero attached hydrogens (tertiary/aromatic N) is 4. The third kappa shape index (κ3) is 4.20. The van der Waals surface area contributed by atoms with Crippen LogP contribution in [0, 0.1) is 0 Å². The first-order valence-corrected chi connectivity index (χ1v) is 9.10. The highest BCUT2D eigenvalue weighted by Crippen LogP contribution is 2.25. The zero-order valence-electron chi connectivity index (χ0n) is 15.2. The molecule has 3 rings (SSSR count). The summed E-state index contributed by atoms with van der Waals surface area (Å²) in [5.41, 5.74) is 1.30. The fraction of sp³-hybridized carbons (Fsp3) is 0.222. The maximum absolute atomic E-state index is 12.2. The van der Waals surface area contributed by atoms with Gasteiger partial charge in [-0.15, -0.1) is 10.2 Å². The van der Waals surface area contributed by atoms with Crippen molar-refractivity contribution in [1.82, 2.24) is 19.3 Å². The van der Waals surface area contributed by atoms with Crippen LogP contribution in [-0.2, 0) is 18.9 Å². The summed E-state index contributed by atoms with van der Waals surface area (Å²) in [6, 6.07) is 10.4. The molecule has 0 unspecified atom stereocenters. The number of rotatable bonds is 6. The molecule has 0 atom stereocenters. The van der Waals surface area contributed by atoms with Gasteiger partial charge in [0.2, 0.25) is 11.5 Å². The molecule has 27 heavy (non-hydrogen) atoms. The molecule has 8 nitrogen and oxygen atoms in total. The first-order chi connectivity index (χ1) is 13.0. The smallest absolute Gasteiger partial charge is 0.250 e. The van der Waals surface area contributed by atoms with Gasteiger partial charge in [0.05, 0.1) is 18.6 Å². The van der Waals surface area contributed by atoms with E-state index < -0.39 is 0 Å². The summed E-state index contributed by atoms with van der Waals surface area (Å²) in [7, 11) is 5.06. The number of hydrogen-bond donors (Lipinski definition) is 1. The van der Waals surface area contributed by atoms with Crippen LogP contribution in [0.5, 0.6) is 5.75 Å². The summed E-state index contributed by atoms with van der Waals surface area (Å²) in [4.78, 5) is 23.8. The lowest BCUT2D eigenvalue weighted by atomic mass is 10.2. The number of para-hydroxylation sites is 2. The Morgan fingerprint density at radius 2 is 1.96 bits per heavy atom. The van der Waals surface area contributed by atoms with E-state index in [1.807, 2.05) is 19.2 Å². The second kappa shape index (κ2) is 8.09. The Kier molecular flexibility index (Phi) is 5.60. The fourth-order valence-electron chi connectivity index (χ4n) is 2.48. The maximum Gasteiger partial charge on any atom is 0.250 e. The van der Waals surface area contributed by atoms with Gasteiger partial charge in [-0.1, -0.05) is 23.9 Å². The van der Waals surface area contributed by atoms with Gasteiger partial charge in [0, 0.05) is 31.9 Å². The van der Waals surface area contributed by atoms with E-state index in [2.05, 4.69) is 15.5 Å². The zero-order valence-corrected chi connectivity index (χ0v) is 16.0. The van der Waals surface area contributed by atoms with Gasteiger partial charge < -0.3 is 19.2 Å². The SMILES string of the molecule is COc1ccccc1NC(=O)CSc1nnc(-c2ccc(=O)n(C)c2)n1C. The first-order valence-electron chi connectivity index (χ1n) is 8.11. The summed E-state index contributed by atoms with van der Waals surface area (Å²) >= 11 is 1.28. The Morgan fingerprint density at radius 1 is 1.19 bits per heavy atom. The van der Waals surface area contributed by atoms with Crippen LogP contribution in [0.15, 0.2) is 52.5 Å². The van der Waals surface area contributed by atoms with Gasteiger partial charge in [-0.25, -0.2) is 0 Å². The van der Waals surface area contributed by atoms with Crippen molar-refractivity contribution in [3.05, 3.63) is 52.9 Å². The number of methoxy groups -OCH3 is 1.